The van der Waals surface area contributed by atoms with Gasteiger partial charge >= 0.3 is 5.97 Å². The first-order valence-electron chi connectivity index (χ1n) is 11.0. The Bertz CT molecular complexity index is 914. The Hall–Kier alpha value is -3.36. The van der Waals surface area contributed by atoms with E-state index in [4.69, 9.17) is 11.5 Å². The SMILES string of the molecule is CSCCC(NC(=O)C(CO)NC(=O)C(N)Cc1ccc(O)cc1)C(=O)NC(CCC(N)=O)C(=O)O. The molecule has 0 heterocycles. The van der Waals surface area contributed by atoms with Gasteiger partial charge in [-0.25, -0.2) is 4.79 Å². The average molecular weight is 528 g/mol. The summed E-state index contributed by atoms with van der Waals surface area (Å²) in [4.78, 5) is 60.3. The summed E-state index contributed by atoms with van der Waals surface area (Å²) in [6.07, 6.45) is 1.52. The van der Waals surface area contributed by atoms with E-state index in [9.17, 15) is 39.3 Å². The van der Waals surface area contributed by atoms with E-state index >= 15 is 0 Å². The van der Waals surface area contributed by atoms with Crippen LogP contribution in [0.1, 0.15) is 24.8 Å². The molecule has 0 aromatic heterocycles. The number of benzene rings is 1. The largest absolute Gasteiger partial charge is 0.508 e. The van der Waals surface area contributed by atoms with E-state index in [1.807, 2.05) is 0 Å². The Labute approximate surface area is 212 Å². The van der Waals surface area contributed by atoms with Crippen molar-refractivity contribution in [2.75, 3.05) is 18.6 Å². The third-order valence-corrected chi connectivity index (χ3v) is 5.73. The van der Waals surface area contributed by atoms with Gasteiger partial charge in [0.15, 0.2) is 0 Å². The van der Waals surface area contributed by atoms with Crippen molar-refractivity contribution < 1.29 is 39.3 Å². The molecule has 0 aliphatic heterocycles. The number of carboxylic acid groups (broad SMARTS) is 1. The Morgan fingerprint density at radius 2 is 1.47 bits per heavy atom. The molecule has 0 saturated heterocycles. The highest BCUT2D eigenvalue weighted by Gasteiger charge is 2.30. The summed E-state index contributed by atoms with van der Waals surface area (Å²) in [6, 6.07) is 0.996. The van der Waals surface area contributed by atoms with Gasteiger partial charge in [-0.1, -0.05) is 12.1 Å². The molecule has 1 aromatic rings. The zero-order valence-corrected chi connectivity index (χ0v) is 20.6. The van der Waals surface area contributed by atoms with E-state index in [1.54, 1.807) is 18.4 Å². The first kappa shape index (κ1) is 30.7. The highest BCUT2D eigenvalue weighted by Crippen LogP contribution is 2.11. The molecule has 1 aromatic carbocycles. The average Bonchev–Trinajstić information content (AvgIpc) is 2.83. The van der Waals surface area contributed by atoms with E-state index in [2.05, 4.69) is 16.0 Å². The van der Waals surface area contributed by atoms with E-state index in [0.29, 0.717) is 11.3 Å². The molecule has 1 rings (SSSR count). The van der Waals surface area contributed by atoms with Gasteiger partial charge in [-0.15, -0.1) is 0 Å². The number of rotatable bonds is 16. The lowest BCUT2D eigenvalue weighted by Crippen LogP contribution is -2.58. The van der Waals surface area contributed by atoms with E-state index in [1.165, 1.54) is 23.9 Å². The van der Waals surface area contributed by atoms with Crippen molar-refractivity contribution in [2.24, 2.45) is 11.5 Å². The molecule has 200 valence electrons. The lowest BCUT2D eigenvalue weighted by Gasteiger charge is -2.24. The Morgan fingerprint density at radius 3 is 2.00 bits per heavy atom. The van der Waals surface area contributed by atoms with Crippen molar-refractivity contribution in [3.63, 3.8) is 0 Å². The number of nitrogens with one attached hydrogen (secondary N) is 3. The second-order valence-electron chi connectivity index (χ2n) is 7.97. The van der Waals surface area contributed by atoms with Crippen LogP contribution < -0.4 is 27.4 Å². The van der Waals surface area contributed by atoms with Gasteiger partial charge in [0.25, 0.3) is 0 Å². The summed E-state index contributed by atoms with van der Waals surface area (Å²) < 4.78 is 0. The number of carbonyl (C=O) groups is 5. The van der Waals surface area contributed by atoms with Crippen molar-refractivity contribution in [3.05, 3.63) is 29.8 Å². The predicted octanol–water partition coefficient (Wildman–Crippen LogP) is -2.19. The number of amides is 4. The third kappa shape index (κ3) is 10.9. The number of aliphatic hydroxyl groups is 1. The quantitative estimate of drug-likeness (QED) is 0.116. The summed E-state index contributed by atoms with van der Waals surface area (Å²) in [7, 11) is 0. The molecule has 0 bridgehead atoms. The summed E-state index contributed by atoms with van der Waals surface area (Å²) in [5.74, 6) is -4.01. The van der Waals surface area contributed by atoms with Crippen molar-refractivity contribution in [1.29, 1.82) is 0 Å². The smallest absolute Gasteiger partial charge is 0.326 e. The Morgan fingerprint density at radius 1 is 0.917 bits per heavy atom. The number of phenols is 1. The number of thioether (sulfide) groups is 1. The molecule has 0 spiro atoms. The van der Waals surface area contributed by atoms with Gasteiger partial charge in [-0.3, -0.25) is 19.2 Å². The van der Waals surface area contributed by atoms with Gasteiger partial charge in [0.1, 0.15) is 23.9 Å². The van der Waals surface area contributed by atoms with Gasteiger partial charge in [0.2, 0.25) is 23.6 Å². The van der Waals surface area contributed by atoms with Crippen LogP contribution in [-0.2, 0) is 30.4 Å². The molecule has 4 amide bonds. The third-order valence-electron chi connectivity index (χ3n) is 5.08. The monoisotopic (exact) mass is 527 g/mol. The highest BCUT2D eigenvalue weighted by atomic mass is 32.2. The molecule has 13 nitrogen and oxygen atoms in total. The van der Waals surface area contributed by atoms with Gasteiger partial charge < -0.3 is 42.7 Å². The van der Waals surface area contributed by atoms with Crippen LogP contribution in [0.4, 0.5) is 0 Å². The van der Waals surface area contributed by atoms with Gasteiger partial charge in [-0.05, 0) is 49.0 Å². The summed E-state index contributed by atoms with van der Waals surface area (Å²) in [6.45, 7) is -0.781. The number of carboxylic acids is 1. The number of aliphatic carboxylic acids is 1. The molecule has 36 heavy (non-hydrogen) atoms. The Balaban J connectivity index is 2.81. The molecule has 0 aliphatic carbocycles. The minimum atomic E-state index is -1.42. The summed E-state index contributed by atoms with van der Waals surface area (Å²) in [5.41, 5.74) is 11.6. The number of carbonyl (C=O) groups excluding carboxylic acids is 4. The van der Waals surface area contributed by atoms with Crippen LogP contribution in [-0.4, -0.2) is 87.7 Å². The van der Waals surface area contributed by atoms with Gasteiger partial charge in [-0.2, -0.15) is 11.8 Å². The first-order chi connectivity index (χ1) is 17.0. The van der Waals surface area contributed by atoms with Crippen molar-refractivity contribution in [2.45, 2.75) is 49.9 Å². The van der Waals surface area contributed by atoms with Crippen molar-refractivity contribution in [3.8, 4) is 5.75 Å². The predicted molar refractivity (Wildman–Crippen MR) is 132 cm³/mol. The fourth-order valence-electron chi connectivity index (χ4n) is 3.04. The van der Waals surface area contributed by atoms with E-state index < -0.39 is 60.4 Å². The fraction of sp³-hybridized carbons (Fsp3) is 0.500. The Kier molecular flexibility index (Phi) is 13.3. The van der Waals surface area contributed by atoms with E-state index in [-0.39, 0.29) is 31.4 Å². The molecule has 0 aliphatic rings. The van der Waals surface area contributed by atoms with Crippen LogP contribution >= 0.6 is 11.8 Å². The molecule has 0 fully saturated rings. The lowest BCUT2D eigenvalue weighted by molar-refractivity contribution is -0.142. The fourth-order valence-corrected chi connectivity index (χ4v) is 3.52. The normalized spacial score (nSPS) is 14.1. The topological polar surface area (TPSA) is 234 Å². The zero-order valence-electron chi connectivity index (χ0n) is 19.8. The van der Waals surface area contributed by atoms with E-state index in [0.717, 1.165) is 0 Å². The van der Waals surface area contributed by atoms with Gasteiger partial charge in [0.05, 0.1) is 12.6 Å². The number of phenolic OH excluding ortho intramolecular Hbond substituents is 1. The minimum absolute atomic E-state index is 0.0522. The number of hydrogen-bond donors (Lipinski definition) is 8. The molecule has 4 atom stereocenters. The molecular weight excluding hydrogens is 494 g/mol. The summed E-state index contributed by atoms with van der Waals surface area (Å²) in [5, 5.41) is 35.3. The maximum Gasteiger partial charge on any atom is 0.326 e. The van der Waals surface area contributed by atoms with Crippen LogP contribution in [0.25, 0.3) is 0 Å². The van der Waals surface area contributed by atoms with Crippen LogP contribution in [0.2, 0.25) is 0 Å². The van der Waals surface area contributed by atoms with Crippen LogP contribution in [0.15, 0.2) is 24.3 Å². The minimum Gasteiger partial charge on any atom is -0.508 e. The molecule has 0 radical (unpaired) electrons. The number of primary amides is 1. The number of nitrogens with two attached hydrogens (primary N) is 2. The van der Waals surface area contributed by atoms with Crippen LogP contribution in [0, 0.1) is 0 Å². The molecule has 0 saturated carbocycles. The standard InChI is InChI=1S/C22H33N5O8S/c1-36-9-8-15(20(32)26-16(22(34)35)6-7-18(24)30)25-21(33)17(11-28)27-19(31)14(23)10-12-2-4-13(29)5-3-12/h2-5,14-17,28-29H,6-11,23H2,1H3,(H2,24,30)(H,25,33)(H,26,32)(H,27,31)(H,34,35). The van der Waals surface area contributed by atoms with Crippen molar-refractivity contribution in [1.82, 2.24) is 16.0 Å². The molecule has 4 unspecified atom stereocenters. The van der Waals surface area contributed by atoms with Crippen LogP contribution in [0.5, 0.6) is 5.75 Å². The maximum absolute atomic E-state index is 12.7. The highest BCUT2D eigenvalue weighted by molar-refractivity contribution is 7.98. The molecule has 10 N–H and O–H groups in total. The molecule has 14 heteroatoms. The van der Waals surface area contributed by atoms with Crippen molar-refractivity contribution >= 4 is 41.4 Å². The number of hydrogen-bond acceptors (Lipinski definition) is 9. The number of aromatic hydroxyl groups is 1. The second kappa shape index (κ2) is 15.6. The zero-order chi connectivity index (χ0) is 27.3. The second-order valence-corrected chi connectivity index (χ2v) is 8.95. The van der Waals surface area contributed by atoms with Crippen LogP contribution in [0.3, 0.4) is 0 Å². The summed E-state index contributed by atoms with van der Waals surface area (Å²) >= 11 is 1.38. The number of aliphatic hydroxyl groups excluding tert-OH is 1. The molecular formula is C22H33N5O8S. The maximum atomic E-state index is 12.7. The lowest BCUT2D eigenvalue weighted by atomic mass is 10.1. The van der Waals surface area contributed by atoms with Gasteiger partial charge in [0, 0.05) is 6.42 Å². The first-order valence-corrected chi connectivity index (χ1v) is 12.4.